The molecule has 5 heteroatoms. The minimum atomic E-state index is 0.928. The molecule has 5 nitrogen and oxygen atoms in total. The van der Waals surface area contributed by atoms with Crippen LogP contribution in [0.15, 0.2) is 37.2 Å². The van der Waals surface area contributed by atoms with Gasteiger partial charge < -0.3 is 15.2 Å². The van der Waals surface area contributed by atoms with Gasteiger partial charge in [0.05, 0.1) is 30.1 Å². The second kappa shape index (κ2) is 7.41. The fourth-order valence-corrected chi connectivity index (χ4v) is 1.82. The molecule has 2 rings (SSSR count). The first kappa shape index (κ1) is 13.4. The van der Waals surface area contributed by atoms with Crippen LogP contribution in [0.1, 0.15) is 19.8 Å². The number of rotatable bonds is 8. The van der Waals surface area contributed by atoms with Crippen LogP contribution in [0.2, 0.25) is 0 Å². The van der Waals surface area contributed by atoms with Gasteiger partial charge in [-0.1, -0.05) is 6.92 Å². The molecule has 0 aromatic carbocycles. The lowest BCUT2D eigenvalue weighted by Gasteiger charge is -2.09. The number of nitrogens with zero attached hydrogens (tertiary/aromatic N) is 3. The van der Waals surface area contributed by atoms with Crippen molar-refractivity contribution in [2.45, 2.75) is 26.3 Å². The van der Waals surface area contributed by atoms with Crippen molar-refractivity contribution in [3.8, 4) is 0 Å². The number of aromatic nitrogens is 3. The number of anilines is 2. The Balaban J connectivity index is 1.73. The van der Waals surface area contributed by atoms with Crippen LogP contribution in [-0.2, 0) is 6.54 Å². The fourth-order valence-electron chi connectivity index (χ4n) is 1.82. The molecule has 0 fully saturated rings. The van der Waals surface area contributed by atoms with E-state index in [0.717, 1.165) is 43.9 Å². The molecule has 0 atom stereocenters. The van der Waals surface area contributed by atoms with Crippen molar-refractivity contribution < 1.29 is 0 Å². The Kier molecular flexibility index (Phi) is 5.22. The maximum Gasteiger partial charge on any atom is 0.0945 e. The Bertz CT molecular complexity index is 466. The molecule has 2 N–H and O–H groups in total. The van der Waals surface area contributed by atoms with E-state index >= 15 is 0 Å². The summed E-state index contributed by atoms with van der Waals surface area (Å²) in [5, 5.41) is 6.72. The molecule has 0 amide bonds. The van der Waals surface area contributed by atoms with Crippen LogP contribution in [0.5, 0.6) is 0 Å². The number of aryl methyl sites for hydroxylation is 1. The van der Waals surface area contributed by atoms with E-state index in [1.807, 2.05) is 24.9 Å². The van der Waals surface area contributed by atoms with Gasteiger partial charge in [0.15, 0.2) is 0 Å². The molecule has 19 heavy (non-hydrogen) atoms. The van der Waals surface area contributed by atoms with Crippen LogP contribution >= 0.6 is 0 Å². The van der Waals surface area contributed by atoms with Gasteiger partial charge in [-0.15, -0.1) is 0 Å². The van der Waals surface area contributed by atoms with E-state index < -0.39 is 0 Å². The van der Waals surface area contributed by atoms with Crippen molar-refractivity contribution in [2.24, 2.45) is 0 Å². The van der Waals surface area contributed by atoms with Crippen LogP contribution in [0.4, 0.5) is 11.4 Å². The van der Waals surface area contributed by atoms with Gasteiger partial charge in [-0.25, -0.2) is 4.98 Å². The fraction of sp³-hybridized carbons (Fsp3) is 0.429. The van der Waals surface area contributed by atoms with E-state index in [0.29, 0.717) is 0 Å². The molecule has 0 aliphatic heterocycles. The molecular formula is C14H21N5. The van der Waals surface area contributed by atoms with Crippen molar-refractivity contribution in [3.05, 3.63) is 37.2 Å². The van der Waals surface area contributed by atoms with E-state index in [9.17, 15) is 0 Å². The zero-order valence-corrected chi connectivity index (χ0v) is 11.3. The molecule has 0 aliphatic carbocycles. The number of pyridine rings is 1. The Morgan fingerprint density at radius 3 is 2.58 bits per heavy atom. The molecule has 2 heterocycles. The lowest BCUT2D eigenvalue weighted by Crippen LogP contribution is -2.07. The standard InChI is InChI=1S/C14H21N5/c1-2-4-17-13-9-14(11-16-10-13)18-5-3-7-19-8-6-15-12-19/h6,8-12,17-18H,2-5,7H2,1H3. The highest BCUT2D eigenvalue weighted by molar-refractivity contribution is 5.53. The largest absolute Gasteiger partial charge is 0.384 e. The number of hydrogen-bond donors (Lipinski definition) is 2. The zero-order chi connectivity index (χ0) is 13.3. The van der Waals surface area contributed by atoms with Gasteiger partial charge in [-0.05, 0) is 18.9 Å². The predicted octanol–water partition coefficient (Wildman–Crippen LogP) is 2.60. The van der Waals surface area contributed by atoms with Gasteiger partial charge in [-0.2, -0.15) is 0 Å². The monoisotopic (exact) mass is 259 g/mol. The predicted molar refractivity (Wildman–Crippen MR) is 78.4 cm³/mol. The van der Waals surface area contributed by atoms with E-state index in [1.165, 1.54) is 0 Å². The maximum atomic E-state index is 4.23. The average molecular weight is 259 g/mol. The minimum absolute atomic E-state index is 0.928. The summed E-state index contributed by atoms with van der Waals surface area (Å²) in [7, 11) is 0. The van der Waals surface area contributed by atoms with Gasteiger partial charge in [0.1, 0.15) is 0 Å². The summed E-state index contributed by atoms with van der Waals surface area (Å²) in [5.41, 5.74) is 2.13. The molecule has 0 aliphatic rings. The van der Waals surface area contributed by atoms with Gasteiger partial charge in [0.25, 0.3) is 0 Å². The molecule has 0 spiro atoms. The van der Waals surface area contributed by atoms with Crippen LogP contribution in [-0.4, -0.2) is 27.6 Å². The lowest BCUT2D eigenvalue weighted by molar-refractivity contribution is 0.660. The third-order valence-corrected chi connectivity index (χ3v) is 2.80. The second-order valence-corrected chi connectivity index (χ2v) is 4.47. The topological polar surface area (TPSA) is 54.8 Å². The van der Waals surface area contributed by atoms with E-state index in [-0.39, 0.29) is 0 Å². The highest BCUT2D eigenvalue weighted by atomic mass is 15.0. The molecule has 102 valence electrons. The Morgan fingerprint density at radius 2 is 1.89 bits per heavy atom. The maximum absolute atomic E-state index is 4.23. The molecule has 0 radical (unpaired) electrons. The van der Waals surface area contributed by atoms with E-state index in [1.54, 1.807) is 6.20 Å². The van der Waals surface area contributed by atoms with Crippen LogP contribution in [0, 0.1) is 0 Å². The third-order valence-electron chi connectivity index (χ3n) is 2.80. The summed E-state index contributed by atoms with van der Waals surface area (Å²) in [4.78, 5) is 8.25. The SMILES string of the molecule is CCCNc1cncc(NCCCn2ccnc2)c1. The number of nitrogens with one attached hydrogen (secondary N) is 2. The minimum Gasteiger partial charge on any atom is -0.384 e. The summed E-state index contributed by atoms with van der Waals surface area (Å²) < 4.78 is 2.08. The van der Waals surface area contributed by atoms with Gasteiger partial charge >= 0.3 is 0 Å². The average Bonchev–Trinajstić information content (AvgIpc) is 2.95. The normalized spacial score (nSPS) is 10.4. The van der Waals surface area contributed by atoms with Crippen molar-refractivity contribution >= 4 is 11.4 Å². The smallest absolute Gasteiger partial charge is 0.0945 e. The first-order valence-corrected chi connectivity index (χ1v) is 6.77. The first-order valence-electron chi connectivity index (χ1n) is 6.77. The number of imidazole rings is 1. The van der Waals surface area contributed by atoms with Crippen molar-refractivity contribution in [1.82, 2.24) is 14.5 Å². The second-order valence-electron chi connectivity index (χ2n) is 4.47. The van der Waals surface area contributed by atoms with Crippen molar-refractivity contribution in [2.75, 3.05) is 23.7 Å². The number of hydrogen-bond acceptors (Lipinski definition) is 4. The summed E-state index contributed by atoms with van der Waals surface area (Å²) >= 11 is 0. The summed E-state index contributed by atoms with van der Waals surface area (Å²) in [6.45, 7) is 5.04. The molecule has 0 saturated carbocycles. The highest BCUT2D eigenvalue weighted by Gasteiger charge is 1.96. The Hall–Kier alpha value is -2.04. The summed E-state index contributed by atoms with van der Waals surface area (Å²) in [6.07, 6.45) is 11.5. The summed E-state index contributed by atoms with van der Waals surface area (Å²) in [5.74, 6) is 0. The van der Waals surface area contributed by atoms with Crippen LogP contribution in [0.25, 0.3) is 0 Å². The van der Waals surface area contributed by atoms with Gasteiger partial charge in [0.2, 0.25) is 0 Å². The highest BCUT2D eigenvalue weighted by Crippen LogP contribution is 2.12. The lowest BCUT2D eigenvalue weighted by atomic mass is 10.3. The molecule has 0 bridgehead atoms. The van der Waals surface area contributed by atoms with Crippen LogP contribution < -0.4 is 10.6 Å². The Labute approximate surface area is 114 Å². The molecule has 2 aromatic rings. The van der Waals surface area contributed by atoms with Crippen molar-refractivity contribution in [1.29, 1.82) is 0 Å². The molecule has 0 unspecified atom stereocenters. The van der Waals surface area contributed by atoms with E-state index in [2.05, 4.69) is 38.2 Å². The quantitative estimate of drug-likeness (QED) is 0.715. The van der Waals surface area contributed by atoms with Gasteiger partial charge in [-0.3, -0.25) is 4.98 Å². The molecule has 2 aromatic heterocycles. The third kappa shape index (κ3) is 4.62. The molecular weight excluding hydrogens is 238 g/mol. The van der Waals surface area contributed by atoms with Crippen molar-refractivity contribution in [3.63, 3.8) is 0 Å². The molecule has 0 saturated heterocycles. The summed E-state index contributed by atoms with van der Waals surface area (Å²) in [6, 6.07) is 2.10. The van der Waals surface area contributed by atoms with Gasteiger partial charge in [0, 0.05) is 32.0 Å². The van der Waals surface area contributed by atoms with Crippen LogP contribution in [0.3, 0.4) is 0 Å². The van der Waals surface area contributed by atoms with E-state index in [4.69, 9.17) is 0 Å². The zero-order valence-electron chi connectivity index (χ0n) is 11.3. The Morgan fingerprint density at radius 1 is 1.11 bits per heavy atom. The first-order chi connectivity index (χ1) is 9.38.